The number of unbranched alkanes of at least 4 members (excludes halogenated alkanes) is 1. The fraction of sp³-hybridized carbons (Fsp3) is 0.333. The van der Waals surface area contributed by atoms with Crippen molar-refractivity contribution in [2.45, 2.75) is 38.9 Å². The highest BCUT2D eigenvalue weighted by Gasteiger charge is 2.32. The third-order valence-electron chi connectivity index (χ3n) is 4.83. The van der Waals surface area contributed by atoms with E-state index in [4.69, 9.17) is 16.3 Å². The van der Waals surface area contributed by atoms with Crippen molar-refractivity contribution in [2.24, 2.45) is 0 Å². The molecule has 1 amide bonds. The molecule has 3 aromatic rings. The summed E-state index contributed by atoms with van der Waals surface area (Å²) in [5.41, 5.74) is 3.56. The van der Waals surface area contributed by atoms with Gasteiger partial charge in [-0.15, -0.1) is 11.3 Å². The number of hydrogen-bond acceptors (Lipinski definition) is 5. The van der Waals surface area contributed by atoms with Gasteiger partial charge in [0.15, 0.2) is 6.10 Å². The number of halogens is 1. The van der Waals surface area contributed by atoms with E-state index in [2.05, 4.69) is 17.2 Å². The maximum atomic E-state index is 12.5. The summed E-state index contributed by atoms with van der Waals surface area (Å²) in [7, 11) is 0. The van der Waals surface area contributed by atoms with Gasteiger partial charge in [0.2, 0.25) is 0 Å². The number of pyridine rings is 1. The number of rotatable bonds is 6. The van der Waals surface area contributed by atoms with Crippen molar-refractivity contribution < 1.29 is 14.6 Å². The van der Waals surface area contributed by atoms with Crippen molar-refractivity contribution in [2.75, 3.05) is 6.54 Å². The Balaban J connectivity index is 1.71. The molecule has 1 atom stereocenters. The highest BCUT2D eigenvalue weighted by atomic mass is 35.5. The van der Waals surface area contributed by atoms with E-state index in [1.54, 1.807) is 6.20 Å². The number of benzene rings is 1. The smallest absolute Gasteiger partial charge is 0.261 e. The van der Waals surface area contributed by atoms with Crippen LogP contribution in [0, 0.1) is 0 Å². The monoisotopic (exact) mass is 416 g/mol. The largest absolute Gasteiger partial charge is 0.479 e. The zero-order valence-corrected chi connectivity index (χ0v) is 17.1. The van der Waals surface area contributed by atoms with Crippen molar-refractivity contribution in [3.05, 3.63) is 45.9 Å². The molecule has 0 spiro atoms. The number of carbonyl (C=O) groups is 1. The lowest BCUT2D eigenvalue weighted by Crippen LogP contribution is -2.37. The molecule has 146 valence electrons. The van der Waals surface area contributed by atoms with Gasteiger partial charge in [-0.1, -0.05) is 24.9 Å². The van der Waals surface area contributed by atoms with Crippen molar-refractivity contribution in [3.63, 3.8) is 0 Å². The van der Waals surface area contributed by atoms with Gasteiger partial charge in [-0.3, -0.25) is 9.78 Å². The van der Waals surface area contributed by atoms with Gasteiger partial charge in [-0.05, 0) is 30.7 Å². The minimum Gasteiger partial charge on any atom is -0.479 e. The van der Waals surface area contributed by atoms with Crippen LogP contribution in [-0.4, -0.2) is 28.6 Å². The van der Waals surface area contributed by atoms with E-state index < -0.39 is 6.10 Å². The molecule has 0 fully saturated rings. The zero-order valence-electron chi connectivity index (χ0n) is 15.5. The molecular formula is C21H21ClN2O3S. The van der Waals surface area contributed by atoms with Crippen LogP contribution >= 0.6 is 22.9 Å². The number of fused-ring (bicyclic) bond motifs is 2. The quantitative estimate of drug-likeness (QED) is 0.587. The molecule has 1 aromatic carbocycles. The van der Waals surface area contributed by atoms with Crippen molar-refractivity contribution in [3.8, 4) is 16.9 Å². The lowest BCUT2D eigenvalue weighted by atomic mass is 10.0. The van der Waals surface area contributed by atoms with Crippen molar-refractivity contribution in [1.82, 2.24) is 10.3 Å². The first-order chi connectivity index (χ1) is 13.6. The minimum atomic E-state index is -0.544. The van der Waals surface area contributed by atoms with Gasteiger partial charge in [0, 0.05) is 45.8 Å². The molecule has 0 aliphatic carbocycles. The van der Waals surface area contributed by atoms with E-state index in [0.29, 0.717) is 23.7 Å². The number of aliphatic hydroxyl groups is 1. The Morgan fingerprint density at radius 1 is 1.39 bits per heavy atom. The molecule has 4 rings (SSSR count). The van der Waals surface area contributed by atoms with Gasteiger partial charge in [0.05, 0.1) is 16.8 Å². The topological polar surface area (TPSA) is 71.5 Å². The summed E-state index contributed by atoms with van der Waals surface area (Å²) in [4.78, 5) is 17.7. The molecule has 1 aliphatic heterocycles. The highest BCUT2D eigenvalue weighted by Crippen LogP contribution is 2.44. The van der Waals surface area contributed by atoms with Crippen LogP contribution in [0.2, 0.25) is 5.02 Å². The number of amides is 1. The highest BCUT2D eigenvalue weighted by molar-refractivity contribution is 7.19. The fourth-order valence-electron chi connectivity index (χ4n) is 3.45. The van der Waals surface area contributed by atoms with Gasteiger partial charge in [-0.2, -0.15) is 0 Å². The molecule has 0 saturated carbocycles. The van der Waals surface area contributed by atoms with Crippen LogP contribution in [0.1, 0.15) is 30.2 Å². The predicted molar refractivity (Wildman–Crippen MR) is 112 cm³/mol. The number of carbonyl (C=O) groups excluding carboxylic acids is 1. The number of thiophene rings is 1. The van der Waals surface area contributed by atoms with Crippen molar-refractivity contribution in [1.29, 1.82) is 0 Å². The second-order valence-corrected chi connectivity index (χ2v) is 8.41. The van der Waals surface area contributed by atoms with Crippen LogP contribution in [0.25, 0.3) is 21.3 Å². The number of aromatic nitrogens is 1. The van der Waals surface area contributed by atoms with E-state index in [1.165, 1.54) is 11.3 Å². The Bertz CT molecular complexity index is 1030. The normalized spacial score (nSPS) is 15.5. The van der Waals surface area contributed by atoms with E-state index >= 15 is 0 Å². The lowest BCUT2D eigenvalue weighted by molar-refractivity contribution is -0.127. The molecule has 2 aromatic heterocycles. The maximum Gasteiger partial charge on any atom is 0.261 e. The molecule has 0 radical (unpaired) electrons. The van der Waals surface area contributed by atoms with Crippen molar-refractivity contribution >= 4 is 39.1 Å². The Morgan fingerprint density at radius 3 is 3.04 bits per heavy atom. The zero-order chi connectivity index (χ0) is 19.7. The SMILES string of the molecule is CCCCNC(=O)C1Cc2cc(Cl)cc(-c3ccnc4cc(CO)sc34)c2O1. The summed E-state index contributed by atoms with van der Waals surface area (Å²) in [5, 5.41) is 13.0. The molecule has 2 N–H and O–H groups in total. The van der Waals surface area contributed by atoms with Gasteiger partial charge >= 0.3 is 0 Å². The van der Waals surface area contributed by atoms with E-state index in [-0.39, 0.29) is 12.5 Å². The molecule has 7 heteroatoms. The maximum absolute atomic E-state index is 12.5. The minimum absolute atomic E-state index is 0.0232. The van der Waals surface area contributed by atoms with E-state index in [0.717, 1.165) is 44.6 Å². The first-order valence-electron chi connectivity index (χ1n) is 9.36. The average molecular weight is 417 g/mol. The second kappa shape index (κ2) is 8.07. The van der Waals surface area contributed by atoms with Gasteiger partial charge in [0.1, 0.15) is 5.75 Å². The average Bonchev–Trinajstić information content (AvgIpc) is 3.30. The first kappa shape index (κ1) is 19.2. The lowest BCUT2D eigenvalue weighted by Gasteiger charge is -2.13. The van der Waals surface area contributed by atoms with Crippen LogP contribution in [-0.2, 0) is 17.8 Å². The third kappa shape index (κ3) is 3.60. The van der Waals surface area contributed by atoms with Crippen LogP contribution < -0.4 is 10.1 Å². The van der Waals surface area contributed by atoms with Gasteiger partial charge < -0.3 is 15.2 Å². The Hall–Kier alpha value is -2.15. The Kier molecular flexibility index (Phi) is 5.53. The molecule has 0 bridgehead atoms. The molecular weight excluding hydrogens is 396 g/mol. The third-order valence-corrected chi connectivity index (χ3v) is 6.19. The van der Waals surface area contributed by atoms with Gasteiger partial charge in [-0.25, -0.2) is 0 Å². The number of hydrogen-bond donors (Lipinski definition) is 2. The van der Waals surface area contributed by atoms with Crippen LogP contribution in [0.15, 0.2) is 30.5 Å². The summed E-state index contributed by atoms with van der Waals surface area (Å²) >= 11 is 7.88. The standard InChI is InChI=1S/C21H21ClN2O3S/c1-2-3-5-24-21(26)18-8-12-7-13(22)9-16(19(12)27-18)15-4-6-23-17-10-14(11-25)28-20(15)17/h4,6-7,9-10,18,25H,2-3,5,8,11H2,1H3,(H,24,26). The molecule has 1 unspecified atom stereocenters. The summed E-state index contributed by atoms with van der Waals surface area (Å²) in [6, 6.07) is 7.54. The molecule has 28 heavy (non-hydrogen) atoms. The second-order valence-electron chi connectivity index (χ2n) is 6.84. The molecule has 1 aliphatic rings. The summed E-state index contributed by atoms with van der Waals surface area (Å²) in [6.07, 6.45) is 3.67. The van der Waals surface area contributed by atoms with E-state index in [9.17, 15) is 9.90 Å². The van der Waals surface area contributed by atoms with Crippen LogP contribution in [0.4, 0.5) is 0 Å². The predicted octanol–water partition coefficient (Wildman–Crippen LogP) is 4.33. The molecule has 5 nitrogen and oxygen atoms in total. The summed E-state index contributed by atoms with van der Waals surface area (Å²) < 4.78 is 7.05. The molecule has 3 heterocycles. The Labute approximate surface area is 172 Å². The molecule has 0 saturated heterocycles. The fourth-order valence-corrected chi connectivity index (χ4v) is 4.69. The van der Waals surface area contributed by atoms with Crippen LogP contribution in [0.5, 0.6) is 5.75 Å². The van der Waals surface area contributed by atoms with Crippen LogP contribution in [0.3, 0.4) is 0 Å². The summed E-state index contributed by atoms with van der Waals surface area (Å²) in [5.74, 6) is 0.608. The summed E-state index contributed by atoms with van der Waals surface area (Å²) in [6.45, 7) is 2.72. The first-order valence-corrected chi connectivity index (χ1v) is 10.6. The number of ether oxygens (including phenoxy) is 1. The number of nitrogens with one attached hydrogen (secondary N) is 1. The Morgan fingerprint density at radius 2 is 2.25 bits per heavy atom. The number of aliphatic hydroxyl groups excluding tert-OH is 1. The van der Waals surface area contributed by atoms with Gasteiger partial charge in [0.25, 0.3) is 5.91 Å². The van der Waals surface area contributed by atoms with E-state index in [1.807, 2.05) is 24.3 Å². The number of nitrogens with zero attached hydrogens (tertiary/aromatic N) is 1.